The van der Waals surface area contributed by atoms with Crippen molar-refractivity contribution in [1.82, 2.24) is 5.32 Å². The summed E-state index contributed by atoms with van der Waals surface area (Å²) < 4.78 is 4.93. The number of primary amides is 1. The minimum atomic E-state index is -0.964. The summed E-state index contributed by atoms with van der Waals surface area (Å²) in [6, 6.07) is 2.92. The molecule has 0 radical (unpaired) electrons. The van der Waals surface area contributed by atoms with Gasteiger partial charge in [0.1, 0.15) is 11.8 Å². The second-order valence-electron chi connectivity index (χ2n) is 3.79. The van der Waals surface area contributed by atoms with Gasteiger partial charge in [0, 0.05) is 6.42 Å². The lowest BCUT2D eigenvalue weighted by molar-refractivity contribution is -0.368. The van der Waals surface area contributed by atoms with Crippen LogP contribution < -0.4 is 16.2 Å². The summed E-state index contributed by atoms with van der Waals surface area (Å²) in [5.41, 5.74) is 4.84. The Hall–Kier alpha value is -2.35. The molecule has 8 heteroatoms. The molecule has 8 nitrogen and oxygen atoms in total. The Bertz CT molecular complexity index is 417. The lowest BCUT2D eigenvalue weighted by Gasteiger charge is -2.08. The maximum Gasteiger partial charge on any atom is 0.320 e. The Morgan fingerprint density at radius 1 is 1.65 bits per heavy atom. The van der Waals surface area contributed by atoms with Crippen LogP contribution in [0, 0.1) is 5.21 Å². The van der Waals surface area contributed by atoms with Crippen molar-refractivity contribution in [2.24, 2.45) is 5.73 Å². The van der Waals surface area contributed by atoms with Crippen molar-refractivity contribution in [2.75, 3.05) is 7.05 Å². The van der Waals surface area contributed by atoms with Gasteiger partial charge < -0.3 is 25.8 Å². The molecule has 0 aliphatic carbocycles. The van der Waals surface area contributed by atoms with Crippen LogP contribution in [0.1, 0.15) is 18.6 Å². The number of amides is 1. The minimum Gasteiger partial charge on any atom is -0.626 e. The van der Waals surface area contributed by atoms with Gasteiger partial charge in [0.15, 0.2) is 6.21 Å². The van der Waals surface area contributed by atoms with Crippen LogP contribution in [0.4, 0.5) is 0 Å². The van der Waals surface area contributed by atoms with Crippen LogP contribution in [-0.2, 0) is 16.0 Å². The molecule has 0 aromatic carbocycles. The monoisotopic (exact) mass is 285 g/mol. The number of carbonyl (C=O) groups excluding carboxylic acids is 1. The Kier molecular flexibility index (Phi) is 9.32. The fourth-order valence-electron chi connectivity index (χ4n) is 1.25. The first kappa shape index (κ1) is 17.6. The fourth-order valence-corrected chi connectivity index (χ4v) is 1.25. The predicted octanol–water partition coefficient (Wildman–Crippen LogP) is -1.60. The zero-order valence-electron chi connectivity index (χ0n) is 11.2. The SMILES string of the molecule is CN[C@@H](CCC(N)=O)C(=O)O.[O-][NH+]=CCc1ccco1. The largest absolute Gasteiger partial charge is 0.626 e. The Morgan fingerprint density at radius 3 is 2.75 bits per heavy atom. The Balaban J connectivity index is 0.000000367. The first-order valence-electron chi connectivity index (χ1n) is 5.91. The summed E-state index contributed by atoms with van der Waals surface area (Å²) in [6.07, 6.45) is 3.84. The number of carbonyl (C=O) groups is 2. The molecule has 1 aromatic heterocycles. The molecule has 0 spiro atoms. The molecule has 0 saturated heterocycles. The maximum absolute atomic E-state index is 10.3. The molecule has 0 aliphatic rings. The molecule has 0 saturated carbocycles. The van der Waals surface area contributed by atoms with Crippen LogP contribution in [-0.4, -0.2) is 36.3 Å². The van der Waals surface area contributed by atoms with Gasteiger partial charge in [-0.3, -0.25) is 9.59 Å². The molecule has 0 aliphatic heterocycles. The lowest BCUT2D eigenvalue weighted by Crippen LogP contribution is -2.60. The number of hydrogen-bond donors (Lipinski definition) is 4. The molecule has 0 unspecified atom stereocenters. The molecule has 1 aromatic rings. The van der Waals surface area contributed by atoms with Crippen LogP contribution in [0.5, 0.6) is 0 Å². The van der Waals surface area contributed by atoms with E-state index in [0.29, 0.717) is 6.42 Å². The molecule has 1 rings (SSSR count). The van der Waals surface area contributed by atoms with Crippen LogP contribution in [0.2, 0.25) is 0 Å². The maximum atomic E-state index is 10.3. The summed E-state index contributed by atoms with van der Waals surface area (Å²) >= 11 is 0. The predicted molar refractivity (Wildman–Crippen MR) is 71.7 cm³/mol. The van der Waals surface area contributed by atoms with Crippen LogP contribution in [0.25, 0.3) is 0 Å². The van der Waals surface area contributed by atoms with Crippen molar-refractivity contribution in [3.8, 4) is 0 Å². The molecule has 1 heterocycles. The van der Waals surface area contributed by atoms with Gasteiger partial charge >= 0.3 is 5.97 Å². The van der Waals surface area contributed by atoms with Gasteiger partial charge in [0.05, 0.1) is 12.7 Å². The average molecular weight is 285 g/mol. The third-order valence-corrected chi connectivity index (χ3v) is 2.29. The summed E-state index contributed by atoms with van der Waals surface area (Å²) in [7, 11) is 1.53. The number of carboxylic acids is 1. The highest BCUT2D eigenvalue weighted by Gasteiger charge is 2.14. The summed E-state index contributed by atoms with van der Waals surface area (Å²) in [5.74, 6) is -0.654. The van der Waals surface area contributed by atoms with Gasteiger partial charge in [-0.1, -0.05) is 0 Å². The van der Waals surface area contributed by atoms with E-state index in [4.69, 9.17) is 15.3 Å². The van der Waals surface area contributed by atoms with E-state index in [-0.39, 0.29) is 12.8 Å². The summed E-state index contributed by atoms with van der Waals surface area (Å²) in [4.78, 5) is 20.6. The van der Waals surface area contributed by atoms with Gasteiger partial charge in [-0.05, 0) is 25.6 Å². The molecule has 112 valence electrons. The minimum absolute atomic E-state index is 0.0950. The molecule has 1 atom stereocenters. The van der Waals surface area contributed by atoms with E-state index < -0.39 is 17.9 Å². The van der Waals surface area contributed by atoms with Gasteiger partial charge in [0.2, 0.25) is 5.91 Å². The van der Waals surface area contributed by atoms with Crippen LogP contribution in [0.3, 0.4) is 0 Å². The van der Waals surface area contributed by atoms with E-state index >= 15 is 0 Å². The fraction of sp³-hybridized carbons (Fsp3) is 0.417. The third kappa shape index (κ3) is 8.70. The number of furan rings is 1. The topological polar surface area (TPSA) is 143 Å². The average Bonchev–Trinajstić information content (AvgIpc) is 2.90. The molecule has 0 bridgehead atoms. The van der Waals surface area contributed by atoms with E-state index in [0.717, 1.165) is 5.76 Å². The molecular formula is C12H19N3O5. The zero-order chi connectivity index (χ0) is 15.4. The first-order chi connectivity index (χ1) is 9.51. The van der Waals surface area contributed by atoms with E-state index in [1.54, 1.807) is 17.5 Å². The standard InChI is InChI=1S/C6H12N2O3.C6H7NO2/c1-8-4(6(10)11)2-3-5(7)9;8-7-4-3-6-2-1-5-9-6/h4,8H,2-3H2,1H3,(H2,7,9)(H,10,11);1-2,4-5,7H,3H2/t4-;/m0./s1. The number of hydrogen-bond acceptors (Lipinski definition) is 5. The highest BCUT2D eigenvalue weighted by Crippen LogP contribution is 1.97. The van der Waals surface area contributed by atoms with E-state index in [1.807, 2.05) is 6.07 Å². The van der Waals surface area contributed by atoms with Gasteiger partial charge in [-0.15, -0.1) is 0 Å². The quantitative estimate of drug-likeness (QED) is 0.270. The zero-order valence-corrected chi connectivity index (χ0v) is 11.2. The lowest BCUT2D eigenvalue weighted by atomic mass is 10.1. The third-order valence-electron chi connectivity index (χ3n) is 2.29. The Labute approximate surface area is 116 Å². The number of carboxylic acid groups (broad SMARTS) is 1. The first-order valence-corrected chi connectivity index (χ1v) is 5.91. The van der Waals surface area contributed by atoms with Crippen molar-refractivity contribution in [3.05, 3.63) is 29.4 Å². The second kappa shape index (κ2) is 10.6. The van der Waals surface area contributed by atoms with E-state index in [2.05, 4.69) is 5.32 Å². The number of nitrogens with two attached hydrogens (primary N) is 1. The van der Waals surface area contributed by atoms with Gasteiger partial charge in [-0.2, -0.15) is 0 Å². The highest BCUT2D eigenvalue weighted by atomic mass is 16.4. The van der Waals surface area contributed by atoms with Gasteiger partial charge in [-0.25, -0.2) is 5.16 Å². The van der Waals surface area contributed by atoms with Gasteiger partial charge in [0.25, 0.3) is 0 Å². The van der Waals surface area contributed by atoms with Crippen molar-refractivity contribution < 1.29 is 24.3 Å². The van der Waals surface area contributed by atoms with Crippen LogP contribution in [0.15, 0.2) is 22.8 Å². The summed E-state index contributed by atoms with van der Waals surface area (Å²) in [5, 5.41) is 22.4. The van der Waals surface area contributed by atoms with E-state index in [9.17, 15) is 14.8 Å². The number of aliphatic carboxylic acids is 1. The molecule has 1 amide bonds. The molecular weight excluding hydrogens is 266 g/mol. The van der Waals surface area contributed by atoms with Crippen molar-refractivity contribution in [3.63, 3.8) is 0 Å². The molecule has 0 fully saturated rings. The second-order valence-corrected chi connectivity index (χ2v) is 3.79. The summed E-state index contributed by atoms with van der Waals surface area (Å²) in [6.45, 7) is 0. The highest BCUT2D eigenvalue weighted by molar-refractivity contribution is 5.77. The van der Waals surface area contributed by atoms with Crippen molar-refractivity contribution in [2.45, 2.75) is 25.3 Å². The normalized spacial score (nSPS) is 11.7. The van der Waals surface area contributed by atoms with E-state index in [1.165, 1.54) is 13.3 Å². The smallest absolute Gasteiger partial charge is 0.320 e. The van der Waals surface area contributed by atoms with Crippen molar-refractivity contribution >= 4 is 18.1 Å². The number of likely N-dealkylation sites (N-methyl/N-ethyl adjacent to an activating group) is 1. The van der Waals surface area contributed by atoms with Crippen molar-refractivity contribution in [1.29, 1.82) is 0 Å². The Morgan fingerprint density at radius 2 is 2.35 bits per heavy atom. The number of nitrogens with one attached hydrogen (secondary N) is 2. The number of rotatable bonds is 7. The molecule has 20 heavy (non-hydrogen) atoms. The van der Waals surface area contributed by atoms with Crippen LogP contribution >= 0.6 is 0 Å². The molecule has 5 N–H and O–H groups in total.